The molecule has 0 saturated heterocycles. The maximum atomic E-state index is 11.6. The second kappa shape index (κ2) is 4.68. The molecule has 0 atom stereocenters. The molecule has 2 aromatic rings. The van der Waals surface area contributed by atoms with Crippen molar-refractivity contribution in [2.45, 2.75) is 19.4 Å². The van der Waals surface area contributed by atoms with E-state index in [1.807, 2.05) is 18.2 Å². The van der Waals surface area contributed by atoms with Gasteiger partial charge in [-0.05, 0) is 24.5 Å². The normalized spacial score (nSPS) is 14.1. The highest BCUT2D eigenvalue weighted by Crippen LogP contribution is 2.11. The molecule has 3 rings (SSSR count). The van der Waals surface area contributed by atoms with Crippen LogP contribution in [0.5, 0.6) is 0 Å². The van der Waals surface area contributed by atoms with E-state index in [1.165, 1.54) is 10.2 Å². The van der Waals surface area contributed by atoms with Gasteiger partial charge in [-0.1, -0.05) is 30.3 Å². The molecule has 5 heteroatoms. The molecule has 2 amide bonds. The SMILES string of the molecule is O=C1Cn2nc(CCc3ccccc3)cc2C(=O)N1. The molecule has 0 aliphatic carbocycles. The third-order valence-electron chi connectivity index (χ3n) is 3.12. The van der Waals surface area contributed by atoms with Crippen LogP contribution in [0.25, 0.3) is 0 Å². The van der Waals surface area contributed by atoms with Crippen molar-refractivity contribution in [2.75, 3.05) is 0 Å². The second-order valence-electron chi connectivity index (χ2n) is 4.54. The number of hydrogen-bond acceptors (Lipinski definition) is 3. The van der Waals surface area contributed by atoms with Crippen LogP contribution in [0.15, 0.2) is 36.4 Å². The summed E-state index contributed by atoms with van der Waals surface area (Å²) in [6.07, 6.45) is 1.62. The number of rotatable bonds is 3. The highest BCUT2D eigenvalue weighted by molar-refractivity contribution is 6.06. The molecule has 1 N–H and O–H groups in total. The standard InChI is InChI=1S/C14H13N3O2/c18-13-9-17-12(14(19)15-13)8-11(16-17)7-6-10-4-2-1-3-5-10/h1-5,8H,6-7,9H2,(H,15,18,19). The van der Waals surface area contributed by atoms with E-state index in [-0.39, 0.29) is 18.4 Å². The van der Waals surface area contributed by atoms with Gasteiger partial charge in [0.05, 0.1) is 5.69 Å². The van der Waals surface area contributed by atoms with Gasteiger partial charge in [-0.2, -0.15) is 5.10 Å². The van der Waals surface area contributed by atoms with Crippen LogP contribution in [-0.2, 0) is 24.2 Å². The molecule has 2 heterocycles. The summed E-state index contributed by atoms with van der Waals surface area (Å²) >= 11 is 0. The molecular formula is C14H13N3O2. The predicted octanol–water partition coefficient (Wildman–Crippen LogP) is 0.938. The van der Waals surface area contributed by atoms with E-state index < -0.39 is 0 Å². The summed E-state index contributed by atoms with van der Waals surface area (Å²) in [7, 11) is 0. The van der Waals surface area contributed by atoms with Crippen LogP contribution >= 0.6 is 0 Å². The molecule has 5 nitrogen and oxygen atoms in total. The molecule has 0 unspecified atom stereocenters. The van der Waals surface area contributed by atoms with Gasteiger partial charge >= 0.3 is 0 Å². The minimum atomic E-state index is -0.366. The zero-order chi connectivity index (χ0) is 13.2. The Morgan fingerprint density at radius 3 is 2.74 bits per heavy atom. The lowest BCUT2D eigenvalue weighted by molar-refractivity contribution is -0.121. The first-order valence-corrected chi connectivity index (χ1v) is 6.17. The molecule has 0 saturated carbocycles. The zero-order valence-electron chi connectivity index (χ0n) is 10.3. The summed E-state index contributed by atoms with van der Waals surface area (Å²) in [6.45, 7) is 0.117. The Morgan fingerprint density at radius 2 is 1.95 bits per heavy atom. The smallest absolute Gasteiger partial charge is 0.276 e. The van der Waals surface area contributed by atoms with Gasteiger partial charge in [0.1, 0.15) is 12.2 Å². The fourth-order valence-corrected chi connectivity index (χ4v) is 2.18. The van der Waals surface area contributed by atoms with E-state index >= 15 is 0 Å². The van der Waals surface area contributed by atoms with Gasteiger partial charge in [-0.25, -0.2) is 0 Å². The minimum absolute atomic E-state index is 0.117. The second-order valence-corrected chi connectivity index (χ2v) is 4.54. The number of nitrogens with zero attached hydrogens (tertiary/aromatic N) is 2. The van der Waals surface area contributed by atoms with E-state index in [2.05, 4.69) is 22.5 Å². The van der Waals surface area contributed by atoms with E-state index in [9.17, 15) is 9.59 Å². The summed E-state index contributed by atoms with van der Waals surface area (Å²) < 4.78 is 1.47. The van der Waals surface area contributed by atoms with Crippen molar-refractivity contribution in [2.24, 2.45) is 0 Å². The number of benzene rings is 1. The fraction of sp³-hybridized carbons (Fsp3) is 0.214. The Balaban J connectivity index is 1.75. The van der Waals surface area contributed by atoms with Gasteiger partial charge in [0.2, 0.25) is 5.91 Å². The van der Waals surface area contributed by atoms with Crippen LogP contribution in [0, 0.1) is 0 Å². The Morgan fingerprint density at radius 1 is 1.16 bits per heavy atom. The van der Waals surface area contributed by atoms with Gasteiger partial charge in [-0.15, -0.1) is 0 Å². The first-order valence-electron chi connectivity index (χ1n) is 6.17. The van der Waals surface area contributed by atoms with Crippen LogP contribution in [-0.4, -0.2) is 21.6 Å². The van der Waals surface area contributed by atoms with E-state index in [1.54, 1.807) is 6.07 Å². The van der Waals surface area contributed by atoms with Crippen molar-refractivity contribution in [3.05, 3.63) is 53.3 Å². The lowest BCUT2D eigenvalue weighted by Crippen LogP contribution is -2.40. The number of imide groups is 1. The largest absolute Gasteiger partial charge is 0.289 e. The molecule has 1 aromatic carbocycles. The number of amides is 2. The molecule has 1 aliphatic heterocycles. The summed E-state index contributed by atoms with van der Waals surface area (Å²) in [5, 5.41) is 6.59. The molecule has 0 spiro atoms. The van der Waals surface area contributed by atoms with Crippen molar-refractivity contribution in [3.8, 4) is 0 Å². The highest BCUT2D eigenvalue weighted by atomic mass is 16.2. The van der Waals surface area contributed by atoms with E-state index in [0.29, 0.717) is 5.69 Å². The number of hydrogen-bond donors (Lipinski definition) is 1. The number of aryl methyl sites for hydroxylation is 2. The molecule has 0 radical (unpaired) electrons. The van der Waals surface area contributed by atoms with Gasteiger partial charge in [0.25, 0.3) is 5.91 Å². The Kier molecular flexibility index (Phi) is 2.87. The Labute approximate surface area is 110 Å². The third kappa shape index (κ3) is 2.40. The average Bonchev–Trinajstić information content (AvgIpc) is 2.81. The highest BCUT2D eigenvalue weighted by Gasteiger charge is 2.23. The first-order chi connectivity index (χ1) is 9.22. The number of aromatic nitrogens is 2. The summed E-state index contributed by atoms with van der Waals surface area (Å²) in [4.78, 5) is 22.8. The maximum Gasteiger partial charge on any atom is 0.276 e. The molecule has 1 aromatic heterocycles. The first kappa shape index (κ1) is 11.6. The fourth-order valence-electron chi connectivity index (χ4n) is 2.18. The van der Waals surface area contributed by atoms with E-state index in [0.717, 1.165) is 18.5 Å². The predicted molar refractivity (Wildman–Crippen MR) is 68.6 cm³/mol. The minimum Gasteiger partial charge on any atom is -0.289 e. The summed E-state index contributed by atoms with van der Waals surface area (Å²) in [5.74, 6) is -0.676. The van der Waals surface area contributed by atoms with Gasteiger partial charge in [-0.3, -0.25) is 19.6 Å². The van der Waals surface area contributed by atoms with Crippen molar-refractivity contribution in [1.82, 2.24) is 15.1 Å². The average molecular weight is 255 g/mol. The molecule has 19 heavy (non-hydrogen) atoms. The van der Waals surface area contributed by atoms with Crippen LogP contribution in [0.1, 0.15) is 21.7 Å². The van der Waals surface area contributed by atoms with Crippen molar-refractivity contribution in [3.63, 3.8) is 0 Å². The van der Waals surface area contributed by atoms with Gasteiger partial charge in [0, 0.05) is 0 Å². The molecule has 0 fully saturated rings. The number of fused-ring (bicyclic) bond motifs is 1. The summed E-state index contributed by atoms with van der Waals surface area (Å²) in [6, 6.07) is 11.9. The Bertz CT molecular complexity index is 631. The zero-order valence-corrected chi connectivity index (χ0v) is 10.3. The van der Waals surface area contributed by atoms with Gasteiger partial charge in [0.15, 0.2) is 0 Å². The molecule has 96 valence electrons. The lowest BCUT2D eigenvalue weighted by atomic mass is 10.1. The quantitative estimate of drug-likeness (QED) is 0.830. The number of carbonyl (C=O) groups excluding carboxylic acids is 2. The number of nitrogens with one attached hydrogen (secondary N) is 1. The van der Waals surface area contributed by atoms with Gasteiger partial charge < -0.3 is 0 Å². The molecular weight excluding hydrogens is 242 g/mol. The topological polar surface area (TPSA) is 64.0 Å². The monoisotopic (exact) mass is 255 g/mol. The molecule has 1 aliphatic rings. The lowest BCUT2D eigenvalue weighted by Gasteiger charge is -2.11. The molecule has 0 bridgehead atoms. The van der Waals surface area contributed by atoms with Crippen LogP contribution in [0.2, 0.25) is 0 Å². The van der Waals surface area contributed by atoms with Crippen molar-refractivity contribution in [1.29, 1.82) is 0 Å². The third-order valence-corrected chi connectivity index (χ3v) is 3.12. The maximum absolute atomic E-state index is 11.6. The van der Waals surface area contributed by atoms with Crippen molar-refractivity contribution < 1.29 is 9.59 Å². The van der Waals surface area contributed by atoms with E-state index in [4.69, 9.17) is 0 Å². The van der Waals surface area contributed by atoms with Crippen LogP contribution in [0.4, 0.5) is 0 Å². The number of carbonyl (C=O) groups is 2. The van der Waals surface area contributed by atoms with Crippen LogP contribution in [0.3, 0.4) is 0 Å². The summed E-state index contributed by atoms with van der Waals surface area (Å²) in [5.41, 5.74) is 2.53. The van der Waals surface area contributed by atoms with Crippen LogP contribution < -0.4 is 5.32 Å². The van der Waals surface area contributed by atoms with Crippen molar-refractivity contribution >= 4 is 11.8 Å². The Hall–Kier alpha value is -2.43.